The molecule has 1 aliphatic rings. The number of aliphatic carboxylic acids is 1. The molecule has 0 radical (unpaired) electrons. The van der Waals surface area contributed by atoms with Crippen LogP contribution in [0.2, 0.25) is 0 Å². The van der Waals surface area contributed by atoms with Gasteiger partial charge in [0.05, 0.1) is 13.2 Å². The van der Waals surface area contributed by atoms with Crippen LogP contribution in [0.5, 0.6) is 0 Å². The van der Waals surface area contributed by atoms with Crippen molar-refractivity contribution in [3.63, 3.8) is 0 Å². The Bertz CT molecular complexity index is 900. The van der Waals surface area contributed by atoms with Crippen LogP contribution >= 0.6 is 0 Å². The number of methoxy groups -OCH3 is 1. The number of rotatable bonds is 8. The molecule has 0 heterocycles. The molecule has 0 fully saturated rings. The highest BCUT2D eigenvalue weighted by Gasteiger charge is 2.68. The molecule has 8 nitrogen and oxygen atoms in total. The summed E-state index contributed by atoms with van der Waals surface area (Å²) in [5, 5.41) is 42.9. The van der Waals surface area contributed by atoms with Crippen LogP contribution in [0.15, 0.2) is 72.3 Å². The third kappa shape index (κ3) is 4.15. The second kappa shape index (κ2) is 8.65. The van der Waals surface area contributed by atoms with E-state index in [-0.39, 0.29) is 13.2 Å². The summed E-state index contributed by atoms with van der Waals surface area (Å²) in [5.41, 5.74) is 0.904. The molecule has 30 heavy (non-hydrogen) atoms. The van der Waals surface area contributed by atoms with Gasteiger partial charge in [-0.25, -0.2) is 4.79 Å². The van der Waals surface area contributed by atoms with Crippen molar-refractivity contribution < 1.29 is 39.4 Å². The molecular weight excluding hydrogens is 392 g/mol. The third-order valence-electron chi connectivity index (χ3n) is 5.01. The van der Waals surface area contributed by atoms with E-state index in [2.05, 4.69) is 0 Å². The first kappa shape index (κ1) is 22.1. The maximum absolute atomic E-state index is 11.7. The van der Waals surface area contributed by atoms with Gasteiger partial charge >= 0.3 is 5.97 Å². The number of aliphatic hydroxyl groups is 3. The molecule has 0 aromatic heterocycles. The van der Waals surface area contributed by atoms with Gasteiger partial charge in [-0.1, -0.05) is 60.7 Å². The smallest absolute Gasteiger partial charge is 0.331 e. The molecule has 0 bridgehead atoms. The summed E-state index contributed by atoms with van der Waals surface area (Å²) < 4.78 is 16.1. The lowest BCUT2D eigenvalue weighted by atomic mass is 9.82. The molecule has 4 N–H and O–H groups in total. The fraction of sp³-hybridized carbons (Fsp3) is 0.318. The maximum Gasteiger partial charge on any atom is 0.331 e. The van der Waals surface area contributed by atoms with Crippen molar-refractivity contribution in [2.24, 2.45) is 0 Å². The fourth-order valence-electron chi connectivity index (χ4n) is 3.32. The van der Waals surface area contributed by atoms with E-state index in [1.165, 1.54) is 0 Å². The molecule has 3 unspecified atom stereocenters. The zero-order valence-corrected chi connectivity index (χ0v) is 16.4. The van der Waals surface area contributed by atoms with E-state index >= 15 is 0 Å². The molecule has 1 aliphatic carbocycles. The van der Waals surface area contributed by atoms with Crippen LogP contribution in [0.25, 0.3) is 0 Å². The summed E-state index contributed by atoms with van der Waals surface area (Å²) in [6.07, 6.45) is 0.179. The monoisotopic (exact) mass is 416 g/mol. The number of hydrogen-bond acceptors (Lipinski definition) is 7. The highest BCUT2D eigenvalue weighted by molar-refractivity contribution is 5.87. The highest BCUT2D eigenvalue weighted by Crippen LogP contribution is 2.46. The lowest BCUT2D eigenvalue weighted by Gasteiger charge is -2.51. The van der Waals surface area contributed by atoms with Crippen molar-refractivity contribution in [2.45, 2.75) is 37.0 Å². The maximum atomic E-state index is 11.7. The van der Waals surface area contributed by atoms with E-state index in [9.17, 15) is 25.2 Å². The number of benzene rings is 2. The molecule has 8 heteroatoms. The average Bonchev–Trinajstić information content (AvgIpc) is 2.76. The van der Waals surface area contributed by atoms with E-state index in [0.29, 0.717) is 11.1 Å². The van der Waals surface area contributed by atoms with Gasteiger partial charge in [0.1, 0.15) is 0 Å². The number of carboxylic acid groups (broad SMARTS) is 1. The Hall–Kier alpha value is -2.59. The van der Waals surface area contributed by atoms with Crippen LogP contribution in [0.4, 0.5) is 0 Å². The fourth-order valence-corrected chi connectivity index (χ4v) is 3.32. The van der Waals surface area contributed by atoms with E-state index in [4.69, 9.17) is 14.2 Å². The lowest BCUT2D eigenvalue weighted by Crippen LogP contribution is -2.72. The minimum atomic E-state index is -2.82. The van der Waals surface area contributed by atoms with Gasteiger partial charge < -0.3 is 34.6 Å². The van der Waals surface area contributed by atoms with Crippen LogP contribution in [-0.4, -0.2) is 50.9 Å². The Morgan fingerprint density at radius 3 is 1.87 bits per heavy atom. The highest BCUT2D eigenvalue weighted by atomic mass is 16.8. The summed E-state index contributed by atoms with van der Waals surface area (Å²) in [7, 11) is 1.05. The van der Waals surface area contributed by atoms with Crippen LogP contribution in [0.3, 0.4) is 0 Å². The van der Waals surface area contributed by atoms with Gasteiger partial charge in [-0.2, -0.15) is 0 Å². The molecule has 3 atom stereocenters. The summed E-state index contributed by atoms with van der Waals surface area (Å²) in [6.45, 7) is -0.369. The Kier molecular flexibility index (Phi) is 6.37. The van der Waals surface area contributed by atoms with Crippen LogP contribution in [-0.2, 0) is 32.2 Å². The van der Waals surface area contributed by atoms with E-state index in [1.807, 2.05) is 0 Å². The average molecular weight is 416 g/mol. The number of hydrogen-bond donors (Lipinski definition) is 4. The number of carbonyl (C=O) groups is 1. The second-order valence-electron chi connectivity index (χ2n) is 7.03. The second-order valence-corrected chi connectivity index (χ2v) is 7.03. The Labute approximate surface area is 173 Å². The normalized spacial score (nSPS) is 28.7. The molecule has 0 aliphatic heterocycles. The predicted molar refractivity (Wildman–Crippen MR) is 105 cm³/mol. The largest absolute Gasteiger partial charge is 0.478 e. The minimum Gasteiger partial charge on any atom is -0.478 e. The van der Waals surface area contributed by atoms with Gasteiger partial charge in [-0.3, -0.25) is 0 Å². The summed E-state index contributed by atoms with van der Waals surface area (Å²) in [5.74, 6) is -9.56. The van der Waals surface area contributed by atoms with Gasteiger partial charge in [-0.15, -0.1) is 0 Å². The van der Waals surface area contributed by atoms with Gasteiger partial charge in [-0.05, 0) is 17.2 Å². The lowest BCUT2D eigenvalue weighted by molar-refractivity contribution is -0.465. The van der Waals surface area contributed by atoms with Crippen LogP contribution in [0.1, 0.15) is 17.5 Å². The number of ether oxygens (including phenoxy) is 3. The Morgan fingerprint density at radius 2 is 1.40 bits per heavy atom. The summed E-state index contributed by atoms with van der Waals surface area (Å²) >= 11 is 0. The van der Waals surface area contributed by atoms with Crippen molar-refractivity contribution in [3.8, 4) is 0 Å². The quantitative estimate of drug-likeness (QED) is 0.478. The first-order valence-electron chi connectivity index (χ1n) is 9.26. The predicted octanol–water partition coefficient (Wildman–Crippen LogP) is 1.55. The van der Waals surface area contributed by atoms with Gasteiger partial charge in [0.15, 0.2) is 0 Å². The van der Waals surface area contributed by atoms with E-state index in [1.54, 1.807) is 60.7 Å². The van der Waals surface area contributed by atoms with Crippen molar-refractivity contribution >= 4 is 5.97 Å². The molecule has 160 valence electrons. The number of carboxylic acids is 1. The standard InChI is InChI=1S/C22H24O8/c1-28-22(27)20(25,29-14-16-8-4-2-5-9-16)12-18(19(23)24)13-21(22,26)30-15-17-10-6-3-7-11-17/h2-12,25-27H,13-15H2,1H3,(H,23,24). The molecular formula is C22H24O8. The summed E-state index contributed by atoms with van der Waals surface area (Å²) in [6, 6.07) is 17.5. The molecule has 0 spiro atoms. The van der Waals surface area contributed by atoms with E-state index < -0.39 is 35.3 Å². The Balaban J connectivity index is 1.94. The van der Waals surface area contributed by atoms with Crippen molar-refractivity contribution in [1.82, 2.24) is 0 Å². The first-order chi connectivity index (χ1) is 14.2. The Morgan fingerprint density at radius 1 is 0.900 bits per heavy atom. The zero-order chi connectivity index (χ0) is 21.8. The van der Waals surface area contributed by atoms with E-state index in [0.717, 1.165) is 13.2 Å². The molecule has 2 aromatic rings. The van der Waals surface area contributed by atoms with Gasteiger partial charge in [0, 0.05) is 19.1 Å². The van der Waals surface area contributed by atoms with Crippen molar-refractivity contribution in [1.29, 1.82) is 0 Å². The van der Waals surface area contributed by atoms with Crippen molar-refractivity contribution in [3.05, 3.63) is 83.4 Å². The molecule has 0 saturated carbocycles. The van der Waals surface area contributed by atoms with Crippen molar-refractivity contribution in [2.75, 3.05) is 7.11 Å². The van der Waals surface area contributed by atoms with Crippen LogP contribution in [0, 0.1) is 0 Å². The third-order valence-corrected chi connectivity index (χ3v) is 5.01. The molecule has 0 amide bonds. The summed E-state index contributed by atoms with van der Waals surface area (Å²) in [4.78, 5) is 11.7. The topological polar surface area (TPSA) is 126 Å². The molecule has 0 saturated heterocycles. The molecule has 2 aromatic carbocycles. The van der Waals surface area contributed by atoms with Gasteiger partial charge in [0.25, 0.3) is 5.79 Å². The minimum absolute atomic E-state index is 0.176. The first-order valence-corrected chi connectivity index (χ1v) is 9.26. The SMILES string of the molecule is COC1(O)C(O)(OCc2ccccc2)C=C(C(=O)O)CC1(O)OCc1ccccc1. The van der Waals surface area contributed by atoms with Crippen LogP contribution < -0.4 is 0 Å². The van der Waals surface area contributed by atoms with Gasteiger partial charge in [0.2, 0.25) is 11.6 Å². The zero-order valence-electron chi connectivity index (χ0n) is 16.4. The molecule has 3 rings (SSSR count).